The van der Waals surface area contributed by atoms with Gasteiger partial charge in [0.15, 0.2) is 4.80 Å². The number of methoxy groups -OCH3 is 1. The van der Waals surface area contributed by atoms with E-state index in [4.69, 9.17) is 4.74 Å². The molecule has 0 radical (unpaired) electrons. The molecule has 1 aliphatic heterocycles. The summed E-state index contributed by atoms with van der Waals surface area (Å²) in [6.45, 7) is 1.78. The van der Waals surface area contributed by atoms with Crippen molar-refractivity contribution in [2.75, 3.05) is 7.11 Å². The van der Waals surface area contributed by atoms with E-state index in [1.807, 2.05) is 60.0 Å². The van der Waals surface area contributed by atoms with Crippen molar-refractivity contribution < 1.29 is 9.53 Å². The fourth-order valence-electron chi connectivity index (χ4n) is 3.23. The van der Waals surface area contributed by atoms with Gasteiger partial charge in [-0.3, -0.25) is 9.36 Å². The summed E-state index contributed by atoms with van der Waals surface area (Å²) >= 11 is 2.82. The number of fused-ring (bicyclic) bond motifs is 1. The smallest absolute Gasteiger partial charge is 0.338 e. The van der Waals surface area contributed by atoms with Gasteiger partial charge in [-0.05, 0) is 30.0 Å². The summed E-state index contributed by atoms with van der Waals surface area (Å²) in [7, 11) is 1.34. The summed E-state index contributed by atoms with van der Waals surface area (Å²) in [5, 5.41) is 1.93. The van der Waals surface area contributed by atoms with Crippen molar-refractivity contribution in [3.8, 4) is 0 Å². The topological polar surface area (TPSA) is 60.7 Å². The van der Waals surface area contributed by atoms with Crippen LogP contribution < -0.4 is 14.9 Å². The first-order chi connectivity index (χ1) is 14.1. The molecule has 0 fully saturated rings. The zero-order chi connectivity index (χ0) is 20.4. The predicted octanol–water partition coefficient (Wildman–Crippen LogP) is 3.13. The Morgan fingerprint density at radius 3 is 2.69 bits per heavy atom. The van der Waals surface area contributed by atoms with Gasteiger partial charge in [0.05, 0.1) is 22.9 Å². The van der Waals surface area contributed by atoms with Gasteiger partial charge in [0, 0.05) is 4.88 Å². The van der Waals surface area contributed by atoms with Crippen molar-refractivity contribution in [3.05, 3.63) is 95.3 Å². The van der Waals surface area contributed by atoms with Crippen molar-refractivity contribution in [1.29, 1.82) is 0 Å². The first-order valence-corrected chi connectivity index (χ1v) is 10.7. The maximum atomic E-state index is 13.2. The summed E-state index contributed by atoms with van der Waals surface area (Å²) in [5.41, 5.74) is 1.85. The highest BCUT2D eigenvalue weighted by molar-refractivity contribution is 7.10. The maximum Gasteiger partial charge on any atom is 0.338 e. The van der Waals surface area contributed by atoms with Crippen molar-refractivity contribution in [3.63, 3.8) is 0 Å². The zero-order valence-corrected chi connectivity index (χ0v) is 17.5. The molecule has 1 aliphatic rings. The second-order valence-corrected chi connectivity index (χ2v) is 8.37. The largest absolute Gasteiger partial charge is 0.466 e. The lowest BCUT2D eigenvalue weighted by atomic mass is 10.0. The molecule has 0 aliphatic carbocycles. The third-order valence-corrected chi connectivity index (χ3v) is 6.50. The summed E-state index contributed by atoms with van der Waals surface area (Å²) in [6.07, 6.45) is 5.59. The van der Waals surface area contributed by atoms with E-state index < -0.39 is 12.0 Å². The van der Waals surface area contributed by atoms with Crippen LogP contribution in [0.2, 0.25) is 0 Å². The molecule has 1 atom stereocenters. The molecule has 1 aromatic carbocycles. The number of hydrogen-bond acceptors (Lipinski definition) is 6. The molecule has 0 spiro atoms. The molecule has 146 valence electrons. The Bertz CT molecular complexity index is 1280. The first-order valence-electron chi connectivity index (χ1n) is 8.96. The average Bonchev–Trinajstić information content (AvgIpc) is 3.36. The van der Waals surface area contributed by atoms with Crippen LogP contribution >= 0.6 is 22.7 Å². The van der Waals surface area contributed by atoms with Crippen LogP contribution in [0.15, 0.2) is 75.0 Å². The Morgan fingerprint density at radius 1 is 1.21 bits per heavy atom. The van der Waals surface area contributed by atoms with E-state index in [9.17, 15) is 9.59 Å². The van der Waals surface area contributed by atoms with Crippen LogP contribution in [0.25, 0.3) is 12.2 Å². The SMILES string of the molecule is COC(=O)C1=C(C)N=c2s/c(=C/C=C/c3ccccc3)c(=O)n2[C@@H]1c1cccs1. The molecule has 0 saturated heterocycles. The van der Waals surface area contributed by atoms with Crippen LogP contribution in [0.1, 0.15) is 23.4 Å². The first kappa shape index (κ1) is 19.3. The molecule has 0 bridgehead atoms. The number of hydrogen-bond donors (Lipinski definition) is 0. The van der Waals surface area contributed by atoms with E-state index in [0.29, 0.717) is 20.6 Å². The standard InChI is InChI=1S/C22H18N2O3S2/c1-14-18(21(26)27-2)19(16-12-7-13-28-16)24-20(25)17(29-22(24)23-14)11-6-10-15-8-4-3-5-9-15/h3-13,19H,1-2H3/b10-6+,17-11+/t19-/m1/s1. The van der Waals surface area contributed by atoms with Crippen molar-refractivity contribution in [1.82, 2.24) is 4.57 Å². The normalized spacial score (nSPS) is 16.8. The van der Waals surface area contributed by atoms with Gasteiger partial charge in [-0.2, -0.15) is 0 Å². The van der Waals surface area contributed by atoms with E-state index in [-0.39, 0.29) is 5.56 Å². The second-order valence-electron chi connectivity index (χ2n) is 6.38. The quantitative estimate of drug-likeness (QED) is 0.607. The number of allylic oxidation sites excluding steroid dienone is 2. The van der Waals surface area contributed by atoms with E-state index in [0.717, 1.165) is 10.4 Å². The molecular formula is C22H18N2O3S2. The molecule has 3 heterocycles. The molecule has 0 amide bonds. The highest BCUT2D eigenvalue weighted by Gasteiger charge is 2.33. The molecule has 7 heteroatoms. The number of ether oxygens (including phenoxy) is 1. The van der Waals surface area contributed by atoms with Gasteiger partial charge < -0.3 is 4.74 Å². The minimum atomic E-state index is -0.529. The van der Waals surface area contributed by atoms with Crippen LogP contribution in [0.4, 0.5) is 0 Å². The number of benzene rings is 1. The lowest BCUT2D eigenvalue weighted by Gasteiger charge is -2.22. The highest BCUT2D eigenvalue weighted by atomic mass is 32.1. The minimum absolute atomic E-state index is 0.168. The average molecular weight is 423 g/mol. The lowest BCUT2D eigenvalue weighted by molar-refractivity contribution is -0.136. The zero-order valence-electron chi connectivity index (χ0n) is 15.9. The van der Waals surface area contributed by atoms with Crippen molar-refractivity contribution in [2.45, 2.75) is 13.0 Å². The summed E-state index contributed by atoms with van der Waals surface area (Å²) in [4.78, 5) is 31.7. The van der Waals surface area contributed by atoms with Gasteiger partial charge in [0.2, 0.25) is 0 Å². The number of thiazole rings is 1. The van der Waals surface area contributed by atoms with E-state index >= 15 is 0 Å². The van der Waals surface area contributed by atoms with Crippen LogP contribution in [-0.2, 0) is 9.53 Å². The maximum absolute atomic E-state index is 13.2. The van der Waals surface area contributed by atoms with Crippen LogP contribution in [0.5, 0.6) is 0 Å². The third kappa shape index (κ3) is 3.66. The Balaban J connectivity index is 1.85. The number of rotatable bonds is 4. The van der Waals surface area contributed by atoms with Crippen molar-refractivity contribution in [2.24, 2.45) is 4.99 Å². The summed E-state index contributed by atoms with van der Waals surface area (Å²) < 4.78 is 7.14. The van der Waals surface area contributed by atoms with Gasteiger partial charge >= 0.3 is 5.97 Å². The van der Waals surface area contributed by atoms with Gasteiger partial charge in [-0.1, -0.05) is 59.9 Å². The van der Waals surface area contributed by atoms with Gasteiger partial charge in [0.25, 0.3) is 5.56 Å². The molecule has 29 heavy (non-hydrogen) atoms. The number of thiophene rings is 1. The van der Waals surface area contributed by atoms with Crippen molar-refractivity contribution >= 4 is 40.8 Å². The van der Waals surface area contributed by atoms with E-state index in [1.165, 1.54) is 29.8 Å². The summed E-state index contributed by atoms with van der Waals surface area (Å²) in [5.74, 6) is -0.470. The predicted molar refractivity (Wildman–Crippen MR) is 116 cm³/mol. The molecule has 0 N–H and O–H groups in total. The molecule has 4 rings (SSSR count). The number of carbonyl (C=O) groups is 1. The summed E-state index contributed by atoms with van der Waals surface area (Å²) in [6, 6.07) is 13.2. The molecule has 0 unspecified atom stereocenters. The molecular weight excluding hydrogens is 404 g/mol. The van der Waals surface area contributed by atoms with E-state index in [2.05, 4.69) is 4.99 Å². The molecule has 0 saturated carbocycles. The Kier molecular flexibility index (Phi) is 5.42. The fourth-order valence-corrected chi connectivity index (χ4v) is 5.06. The third-order valence-electron chi connectivity index (χ3n) is 4.58. The Labute approximate surface area is 175 Å². The van der Waals surface area contributed by atoms with Crippen LogP contribution in [0.3, 0.4) is 0 Å². The Hall–Kier alpha value is -3.03. The lowest BCUT2D eigenvalue weighted by Crippen LogP contribution is -2.39. The van der Waals surface area contributed by atoms with Gasteiger partial charge in [-0.15, -0.1) is 11.3 Å². The second kappa shape index (κ2) is 8.14. The molecule has 3 aromatic rings. The van der Waals surface area contributed by atoms with Crippen LogP contribution in [0, 0.1) is 0 Å². The number of nitrogens with zero attached hydrogens (tertiary/aromatic N) is 2. The van der Waals surface area contributed by atoms with Gasteiger partial charge in [-0.25, -0.2) is 9.79 Å². The number of carbonyl (C=O) groups excluding carboxylic acids is 1. The van der Waals surface area contributed by atoms with Gasteiger partial charge in [0.1, 0.15) is 6.04 Å². The number of aromatic nitrogens is 1. The highest BCUT2D eigenvalue weighted by Crippen LogP contribution is 2.32. The number of esters is 1. The monoisotopic (exact) mass is 422 g/mol. The fraction of sp³-hybridized carbons (Fsp3) is 0.136. The van der Waals surface area contributed by atoms with Crippen LogP contribution in [-0.4, -0.2) is 17.6 Å². The molecule has 5 nitrogen and oxygen atoms in total. The Morgan fingerprint density at radius 2 is 2.00 bits per heavy atom. The minimum Gasteiger partial charge on any atom is -0.466 e. The van der Waals surface area contributed by atoms with E-state index in [1.54, 1.807) is 17.6 Å². The molecule has 2 aromatic heterocycles.